The summed E-state index contributed by atoms with van der Waals surface area (Å²) in [5, 5.41) is 0. The molecule has 0 aliphatic carbocycles. The Balaban J connectivity index is 0.000000396. The molecule has 0 spiro atoms. The topological polar surface area (TPSA) is 17.8 Å². The number of hydrogen-bond acceptors (Lipinski definition) is 1. The van der Waals surface area contributed by atoms with Crippen LogP contribution in [0, 0.1) is 6.92 Å². The van der Waals surface area contributed by atoms with E-state index in [0.29, 0.717) is 0 Å². The average Bonchev–Trinajstić information content (AvgIpc) is 2.47. The van der Waals surface area contributed by atoms with E-state index in [4.69, 9.17) is 0 Å². The third kappa shape index (κ3) is 1.91. The monoisotopic (exact) mass is 240 g/mol. The molecule has 0 saturated carbocycles. The molecular weight excluding hydrogens is 228 g/mol. The first-order chi connectivity index (χ1) is 6.29. The number of halogens is 1. The van der Waals surface area contributed by atoms with Crippen LogP contribution in [0.25, 0.3) is 11.0 Å². The lowest BCUT2D eigenvalue weighted by atomic mass is 10.3. The average molecular weight is 241 g/mol. The van der Waals surface area contributed by atoms with Crippen molar-refractivity contribution in [1.82, 2.24) is 9.55 Å². The second-order valence-electron chi connectivity index (χ2n) is 2.71. The number of hydrogen-bond donors (Lipinski definition) is 0. The fourth-order valence-corrected chi connectivity index (χ4v) is 1.27. The molecular formula is C10H13BrN2. The number of aromatic nitrogens is 2. The molecule has 0 atom stereocenters. The van der Waals surface area contributed by atoms with Gasteiger partial charge in [0.1, 0.15) is 5.82 Å². The maximum absolute atomic E-state index is 4.38. The van der Waals surface area contributed by atoms with Crippen molar-refractivity contribution in [1.29, 1.82) is 0 Å². The van der Waals surface area contributed by atoms with Crippen LogP contribution in [0.4, 0.5) is 0 Å². The molecule has 0 radical (unpaired) electrons. The minimum absolute atomic E-state index is 1.06. The summed E-state index contributed by atoms with van der Waals surface area (Å²) in [4.78, 5) is 4.38. The fourth-order valence-electron chi connectivity index (χ4n) is 1.27. The van der Waals surface area contributed by atoms with Gasteiger partial charge in [0.25, 0.3) is 0 Å². The number of alkyl halides is 1. The van der Waals surface area contributed by atoms with Crippen LogP contribution in [0.5, 0.6) is 0 Å². The van der Waals surface area contributed by atoms with E-state index in [2.05, 4.69) is 31.5 Å². The van der Waals surface area contributed by atoms with Gasteiger partial charge in [0, 0.05) is 7.05 Å². The van der Waals surface area contributed by atoms with Crippen LogP contribution in [0.15, 0.2) is 24.3 Å². The van der Waals surface area contributed by atoms with Gasteiger partial charge in [0.2, 0.25) is 0 Å². The van der Waals surface area contributed by atoms with Crippen LogP contribution in [-0.4, -0.2) is 15.4 Å². The van der Waals surface area contributed by atoms with Gasteiger partial charge in [0.15, 0.2) is 0 Å². The van der Waals surface area contributed by atoms with Gasteiger partial charge >= 0.3 is 0 Å². The lowest BCUT2D eigenvalue weighted by Gasteiger charge is -1.93. The van der Waals surface area contributed by atoms with E-state index in [9.17, 15) is 0 Å². The van der Waals surface area contributed by atoms with Crippen LogP contribution in [0.1, 0.15) is 5.82 Å². The Labute approximate surface area is 86.7 Å². The van der Waals surface area contributed by atoms with Gasteiger partial charge in [-0.2, -0.15) is 0 Å². The molecule has 0 aliphatic rings. The van der Waals surface area contributed by atoms with Gasteiger partial charge in [0.05, 0.1) is 11.0 Å². The summed E-state index contributed by atoms with van der Waals surface area (Å²) < 4.78 is 2.09. The van der Waals surface area contributed by atoms with Gasteiger partial charge in [-0.1, -0.05) is 28.1 Å². The third-order valence-electron chi connectivity index (χ3n) is 2.01. The van der Waals surface area contributed by atoms with Gasteiger partial charge in [-0.3, -0.25) is 0 Å². The smallest absolute Gasteiger partial charge is 0.106 e. The lowest BCUT2D eigenvalue weighted by molar-refractivity contribution is 0.886. The highest BCUT2D eigenvalue weighted by atomic mass is 79.9. The molecule has 1 aromatic carbocycles. The number of rotatable bonds is 0. The van der Waals surface area contributed by atoms with Crippen LogP contribution in [-0.2, 0) is 7.05 Å². The van der Waals surface area contributed by atoms with Crippen molar-refractivity contribution in [3.05, 3.63) is 30.1 Å². The highest BCUT2D eigenvalue weighted by molar-refractivity contribution is 9.08. The predicted octanol–water partition coefficient (Wildman–Crippen LogP) is 2.89. The molecule has 0 aliphatic heterocycles. The van der Waals surface area contributed by atoms with Gasteiger partial charge in [-0.15, -0.1) is 0 Å². The van der Waals surface area contributed by atoms with Crippen LogP contribution >= 0.6 is 15.9 Å². The predicted molar refractivity (Wildman–Crippen MR) is 60.3 cm³/mol. The molecule has 0 saturated heterocycles. The van der Waals surface area contributed by atoms with E-state index in [1.165, 1.54) is 5.52 Å². The van der Waals surface area contributed by atoms with E-state index in [1.807, 2.05) is 38.0 Å². The Kier molecular flexibility index (Phi) is 3.48. The molecule has 3 heteroatoms. The zero-order chi connectivity index (χ0) is 9.84. The Morgan fingerprint density at radius 1 is 1.23 bits per heavy atom. The number of fused-ring (bicyclic) bond motifs is 1. The molecule has 1 heterocycles. The maximum atomic E-state index is 4.38. The van der Waals surface area contributed by atoms with Gasteiger partial charge in [-0.25, -0.2) is 4.98 Å². The van der Waals surface area contributed by atoms with Gasteiger partial charge in [-0.05, 0) is 24.9 Å². The van der Waals surface area contributed by atoms with E-state index >= 15 is 0 Å². The number of aryl methyl sites for hydroxylation is 2. The lowest BCUT2D eigenvalue weighted by Crippen LogP contribution is -1.89. The Bertz CT molecular complexity index is 393. The molecule has 0 bridgehead atoms. The Hall–Kier alpha value is -0.830. The van der Waals surface area contributed by atoms with Crippen molar-refractivity contribution in [2.24, 2.45) is 7.05 Å². The highest BCUT2D eigenvalue weighted by Crippen LogP contribution is 2.12. The SMILES string of the molecule is CBr.Cc1nc2ccccc2n1C. The van der Waals surface area contributed by atoms with Crippen LogP contribution < -0.4 is 0 Å². The molecule has 0 fully saturated rings. The van der Waals surface area contributed by atoms with Crippen LogP contribution in [0.2, 0.25) is 0 Å². The molecule has 13 heavy (non-hydrogen) atoms. The summed E-state index contributed by atoms with van der Waals surface area (Å²) >= 11 is 2.94. The molecule has 1 aromatic heterocycles. The summed E-state index contributed by atoms with van der Waals surface area (Å²) in [6, 6.07) is 8.15. The summed E-state index contributed by atoms with van der Waals surface area (Å²) in [6.45, 7) is 2.01. The second-order valence-corrected chi connectivity index (χ2v) is 2.71. The third-order valence-corrected chi connectivity index (χ3v) is 2.01. The van der Waals surface area contributed by atoms with Crippen molar-refractivity contribution < 1.29 is 0 Å². The number of nitrogens with zero attached hydrogens (tertiary/aromatic N) is 2. The van der Waals surface area contributed by atoms with Crippen LogP contribution in [0.3, 0.4) is 0 Å². The standard InChI is InChI=1S/C9H10N2.CH3Br/c1-7-10-8-5-3-4-6-9(8)11(7)2;1-2/h3-6H,1-2H3;1H3. The summed E-state index contributed by atoms with van der Waals surface area (Å²) in [6.07, 6.45) is 0. The molecule has 0 N–H and O–H groups in total. The Morgan fingerprint density at radius 2 is 1.85 bits per heavy atom. The van der Waals surface area contributed by atoms with E-state index in [1.54, 1.807) is 0 Å². The molecule has 2 aromatic rings. The first-order valence-electron chi connectivity index (χ1n) is 4.05. The van der Waals surface area contributed by atoms with Crippen molar-refractivity contribution in [2.45, 2.75) is 6.92 Å². The first-order valence-corrected chi connectivity index (χ1v) is 5.63. The number of imidazole rings is 1. The molecule has 70 valence electrons. The summed E-state index contributed by atoms with van der Waals surface area (Å²) in [5.74, 6) is 2.87. The zero-order valence-electron chi connectivity index (χ0n) is 8.08. The minimum Gasteiger partial charge on any atom is -0.331 e. The van der Waals surface area contributed by atoms with E-state index in [0.717, 1.165) is 11.3 Å². The zero-order valence-corrected chi connectivity index (χ0v) is 9.67. The summed E-state index contributed by atoms with van der Waals surface area (Å²) in [5.41, 5.74) is 2.28. The van der Waals surface area contributed by atoms with Crippen molar-refractivity contribution in [2.75, 3.05) is 5.83 Å². The normalized spacial score (nSPS) is 9.54. The van der Waals surface area contributed by atoms with Crippen molar-refractivity contribution in [3.8, 4) is 0 Å². The van der Waals surface area contributed by atoms with Crippen molar-refractivity contribution >= 4 is 27.0 Å². The quantitative estimate of drug-likeness (QED) is 0.648. The molecule has 2 rings (SSSR count). The highest BCUT2D eigenvalue weighted by Gasteiger charge is 2.00. The molecule has 2 nitrogen and oxygen atoms in total. The fraction of sp³-hybridized carbons (Fsp3) is 0.300. The van der Waals surface area contributed by atoms with E-state index < -0.39 is 0 Å². The van der Waals surface area contributed by atoms with Gasteiger partial charge < -0.3 is 4.57 Å². The van der Waals surface area contributed by atoms with Crippen molar-refractivity contribution in [3.63, 3.8) is 0 Å². The molecule has 0 amide bonds. The van der Waals surface area contributed by atoms with E-state index in [-0.39, 0.29) is 0 Å². The minimum atomic E-state index is 1.06. The Morgan fingerprint density at radius 3 is 2.46 bits per heavy atom. The molecule has 0 unspecified atom stereocenters. The summed E-state index contributed by atoms with van der Waals surface area (Å²) in [7, 11) is 2.03. The number of para-hydroxylation sites is 2. The largest absolute Gasteiger partial charge is 0.331 e. The second kappa shape index (κ2) is 4.42. The maximum Gasteiger partial charge on any atom is 0.106 e. The number of benzene rings is 1. The first kappa shape index (κ1) is 10.3.